The minimum Gasteiger partial charge on any atom is -0.382 e. The predicted molar refractivity (Wildman–Crippen MR) is 57.1 cm³/mol. The first-order valence-electron chi connectivity index (χ1n) is 4.34. The highest BCUT2D eigenvalue weighted by atomic mass is 79.9. The maximum Gasteiger partial charge on any atom is 0.432 e. The van der Waals surface area contributed by atoms with Gasteiger partial charge in [0.25, 0.3) is 0 Å². The Bertz CT molecular complexity index is 188. The lowest BCUT2D eigenvalue weighted by Gasteiger charge is -2.06. The maximum absolute atomic E-state index is 12.3. The van der Waals surface area contributed by atoms with Crippen LogP contribution in [0.2, 0.25) is 0 Å². The van der Waals surface area contributed by atoms with Crippen molar-refractivity contribution >= 4 is 21.9 Å². The Morgan fingerprint density at radius 1 is 1.07 bits per heavy atom. The number of hydrogen-bond acceptors (Lipinski definition) is 5. The molecule has 5 nitrogen and oxygen atoms in total. The van der Waals surface area contributed by atoms with Crippen LogP contribution in [0.3, 0.4) is 0 Å². The summed E-state index contributed by atoms with van der Waals surface area (Å²) in [7, 11) is 1.59. The Labute approximate surface area is 96.5 Å². The summed E-state index contributed by atoms with van der Waals surface area (Å²) < 4.78 is 41.8. The lowest BCUT2D eigenvalue weighted by Crippen LogP contribution is -2.10. The van der Waals surface area contributed by atoms with Crippen molar-refractivity contribution in [3.8, 4) is 0 Å². The fraction of sp³-hybridized carbons (Fsp3) is 1.00. The van der Waals surface area contributed by atoms with Gasteiger partial charge in [0.05, 0.1) is 55.1 Å². The monoisotopic (exact) mass is 308 g/mol. The van der Waals surface area contributed by atoms with Gasteiger partial charge in [-0.25, -0.2) is 4.57 Å². The van der Waals surface area contributed by atoms with E-state index < -0.39 is 6.38 Å². The zero-order valence-corrected chi connectivity index (χ0v) is 11.0. The van der Waals surface area contributed by atoms with Gasteiger partial charge < -0.3 is 14.2 Å². The first-order valence-corrected chi connectivity index (χ1v) is 7.88. The highest BCUT2D eigenvalue weighted by Crippen LogP contribution is 2.56. The van der Waals surface area contributed by atoms with Crippen LogP contribution in [0.1, 0.15) is 0 Å². The standard InChI is InChI=1S/C7H15BrFO5P/c1-11-2-3-12-4-5-13-6-7-14-15(8,9)10/h2-7H2,1H3. The number of rotatable bonds is 10. The molecule has 1 unspecified atom stereocenters. The van der Waals surface area contributed by atoms with E-state index in [9.17, 15) is 8.76 Å². The second-order valence-corrected chi connectivity index (χ2v) is 6.09. The van der Waals surface area contributed by atoms with Crippen molar-refractivity contribution in [2.45, 2.75) is 0 Å². The summed E-state index contributed by atoms with van der Waals surface area (Å²) in [6.07, 6.45) is -4.05. The zero-order chi connectivity index (χ0) is 11.6. The predicted octanol–water partition coefficient (Wildman–Crippen LogP) is 2.16. The Kier molecular flexibility index (Phi) is 10.00. The highest BCUT2D eigenvalue weighted by Gasteiger charge is 2.14. The molecule has 92 valence electrons. The van der Waals surface area contributed by atoms with Gasteiger partial charge in [-0.1, -0.05) is 0 Å². The SMILES string of the molecule is COCCOCCOCCOP(=O)(F)Br. The minimum absolute atomic E-state index is 0.0584. The van der Waals surface area contributed by atoms with E-state index in [-0.39, 0.29) is 13.2 Å². The van der Waals surface area contributed by atoms with Crippen LogP contribution >= 0.6 is 21.9 Å². The fourth-order valence-electron chi connectivity index (χ4n) is 0.667. The molecule has 0 N–H and O–H groups in total. The fourth-order valence-corrected chi connectivity index (χ4v) is 1.39. The van der Waals surface area contributed by atoms with E-state index in [4.69, 9.17) is 14.2 Å². The van der Waals surface area contributed by atoms with Crippen LogP contribution in [0.5, 0.6) is 0 Å². The quantitative estimate of drug-likeness (QED) is 0.457. The highest BCUT2D eigenvalue weighted by molar-refractivity contribution is 9.39. The summed E-state index contributed by atoms with van der Waals surface area (Å²) >= 11 is 2.26. The normalized spacial score (nSPS) is 15.1. The van der Waals surface area contributed by atoms with E-state index in [1.165, 1.54) is 0 Å². The Balaban J connectivity index is 3.02. The third-order valence-electron chi connectivity index (χ3n) is 1.27. The Hall–Kier alpha value is 0.480. The van der Waals surface area contributed by atoms with Gasteiger partial charge in [-0.05, 0) is 0 Å². The summed E-state index contributed by atoms with van der Waals surface area (Å²) in [5, 5.41) is 0. The van der Waals surface area contributed by atoms with Crippen molar-refractivity contribution in [2.75, 3.05) is 46.8 Å². The number of ether oxygens (including phenoxy) is 3. The summed E-state index contributed by atoms with van der Waals surface area (Å²) in [5.74, 6) is 0. The second kappa shape index (κ2) is 9.69. The van der Waals surface area contributed by atoms with Gasteiger partial charge in [-0.15, -0.1) is 4.20 Å². The van der Waals surface area contributed by atoms with Gasteiger partial charge in [-0.2, -0.15) is 0 Å². The van der Waals surface area contributed by atoms with E-state index in [1.807, 2.05) is 0 Å². The molecule has 0 aliphatic rings. The van der Waals surface area contributed by atoms with Gasteiger partial charge >= 0.3 is 6.38 Å². The van der Waals surface area contributed by atoms with Crippen LogP contribution in [0.25, 0.3) is 0 Å². The number of halogens is 2. The summed E-state index contributed by atoms with van der Waals surface area (Å²) in [5.41, 5.74) is 0. The molecule has 0 aromatic carbocycles. The molecule has 0 saturated carbocycles. The molecule has 0 amide bonds. The van der Waals surface area contributed by atoms with E-state index in [0.717, 1.165) is 0 Å². The molecule has 0 spiro atoms. The average molecular weight is 309 g/mol. The van der Waals surface area contributed by atoms with Gasteiger partial charge in [0.15, 0.2) is 0 Å². The molecule has 0 fully saturated rings. The van der Waals surface area contributed by atoms with E-state index in [1.54, 1.807) is 7.11 Å². The summed E-state index contributed by atoms with van der Waals surface area (Å²) in [6.45, 7) is 1.98. The van der Waals surface area contributed by atoms with E-state index >= 15 is 0 Å². The molecule has 0 aliphatic heterocycles. The van der Waals surface area contributed by atoms with Crippen molar-refractivity contribution in [3.05, 3.63) is 0 Å². The molecule has 1 atom stereocenters. The summed E-state index contributed by atoms with van der Waals surface area (Å²) in [4.78, 5) is 0. The molecule has 0 aromatic heterocycles. The first-order chi connectivity index (χ1) is 7.06. The molecule has 0 aromatic rings. The molecule has 0 rings (SSSR count). The molecule has 15 heavy (non-hydrogen) atoms. The van der Waals surface area contributed by atoms with Crippen LogP contribution in [-0.4, -0.2) is 46.8 Å². The van der Waals surface area contributed by atoms with Crippen molar-refractivity contribution in [1.82, 2.24) is 0 Å². The molecule has 0 bridgehead atoms. The number of hydrogen-bond donors (Lipinski definition) is 0. The lowest BCUT2D eigenvalue weighted by atomic mass is 10.7. The van der Waals surface area contributed by atoms with Gasteiger partial charge in [-0.3, -0.25) is 4.52 Å². The van der Waals surface area contributed by atoms with E-state index in [0.29, 0.717) is 26.4 Å². The second-order valence-electron chi connectivity index (χ2n) is 2.47. The van der Waals surface area contributed by atoms with Crippen LogP contribution in [0.15, 0.2) is 0 Å². The van der Waals surface area contributed by atoms with Crippen molar-refractivity contribution in [2.24, 2.45) is 0 Å². The third-order valence-corrected chi connectivity index (χ3v) is 2.37. The molecule has 8 heteroatoms. The molecule has 0 saturated heterocycles. The van der Waals surface area contributed by atoms with Gasteiger partial charge in [0, 0.05) is 7.11 Å². The van der Waals surface area contributed by atoms with Crippen LogP contribution in [0.4, 0.5) is 4.20 Å². The first kappa shape index (κ1) is 15.5. The Morgan fingerprint density at radius 2 is 1.53 bits per heavy atom. The van der Waals surface area contributed by atoms with Crippen LogP contribution in [0, 0.1) is 0 Å². The van der Waals surface area contributed by atoms with Crippen molar-refractivity contribution in [3.63, 3.8) is 0 Å². The molecular weight excluding hydrogens is 294 g/mol. The van der Waals surface area contributed by atoms with Crippen molar-refractivity contribution in [1.29, 1.82) is 0 Å². The van der Waals surface area contributed by atoms with Crippen molar-refractivity contribution < 1.29 is 27.5 Å². The summed E-state index contributed by atoms with van der Waals surface area (Å²) in [6, 6.07) is 0. The smallest absolute Gasteiger partial charge is 0.382 e. The topological polar surface area (TPSA) is 54.0 Å². The van der Waals surface area contributed by atoms with Crippen LogP contribution in [-0.2, 0) is 23.3 Å². The lowest BCUT2D eigenvalue weighted by molar-refractivity contribution is 0.0180. The van der Waals surface area contributed by atoms with E-state index in [2.05, 4.69) is 20.0 Å². The maximum atomic E-state index is 12.3. The zero-order valence-electron chi connectivity index (χ0n) is 8.49. The third kappa shape index (κ3) is 14.5. The molecule has 0 aliphatic carbocycles. The van der Waals surface area contributed by atoms with Gasteiger partial charge in [0.2, 0.25) is 0 Å². The van der Waals surface area contributed by atoms with Crippen LogP contribution < -0.4 is 0 Å². The largest absolute Gasteiger partial charge is 0.432 e. The van der Waals surface area contributed by atoms with Gasteiger partial charge in [0.1, 0.15) is 0 Å². The number of methoxy groups -OCH3 is 1. The minimum atomic E-state index is -4.05. The Morgan fingerprint density at radius 3 is 2.00 bits per heavy atom. The average Bonchev–Trinajstić information content (AvgIpc) is 2.14. The molecular formula is C7H15BrFO5P. The molecule has 0 heterocycles. The molecule has 0 radical (unpaired) electrons.